The van der Waals surface area contributed by atoms with Gasteiger partial charge in [-0.3, -0.25) is 9.59 Å². The number of furan rings is 1. The molecule has 1 fully saturated rings. The number of H-pyrrole nitrogens is 1. The van der Waals surface area contributed by atoms with Crippen molar-refractivity contribution < 1.29 is 13.9 Å². The van der Waals surface area contributed by atoms with Gasteiger partial charge in [0, 0.05) is 19.2 Å². The van der Waals surface area contributed by atoms with E-state index < -0.39 is 0 Å². The van der Waals surface area contributed by atoms with Gasteiger partial charge in [0.15, 0.2) is 0 Å². The molecule has 0 bridgehead atoms. The summed E-state index contributed by atoms with van der Waals surface area (Å²) in [6.07, 6.45) is 5.01. The molecule has 0 saturated carbocycles. The fraction of sp³-hybridized carbons (Fsp3) is 0.318. The van der Waals surface area contributed by atoms with Crippen LogP contribution in [-0.4, -0.2) is 40.0 Å². The molecule has 3 aromatic rings. The number of ether oxygens (including phenoxy) is 1. The lowest BCUT2D eigenvalue weighted by atomic mass is 10.2. The van der Waals surface area contributed by atoms with Crippen molar-refractivity contribution in [2.24, 2.45) is 0 Å². The second kappa shape index (κ2) is 8.45. The molecule has 29 heavy (non-hydrogen) atoms. The molecule has 7 heteroatoms. The monoisotopic (exact) mass is 393 g/mol. The summed E-state index contributed by atoms with van der Waals surface area (Å²) in [5.74, 6) is 1.66. The van der Waals surface area contributed by atoms with E-state index in [0.717, 1.165) is 18.6 Å². The Morgan fingerprint density at radius 1 is 1.31 bits per heavy atom. The molecule has 1 atom stereocenters. The number of rotatable bonds is 6. The van der Waals surface area contributed by atoms with Crippen LogP contribution in [-0.2, 0) is 16.1 Å². The number of nitrogens with one attached hydrogen (secondary N) is 1. The molecule has 150 valence electrons. The van der Waals surface area contributed by atoms with Crippen molar-refractivity contribution in [3.05, 3.63) is 70.2 Å². The van der Waals surface area contributed by atoms with Crippen molar-refractivity contribution >= 4 is 22.9 Å². The van der Waals surface area contributed by atoms with Gasteiger partial charge in [0.2, 0.25) is 5.91 Å². The van der Waals surface area contributed by atoms with Gasteiger partial charge in [0.25, 0.3) is 5.56 Å². The number of aromatic nitrogens is 2. The van der Waals surface area contributed by atoms with Gasteiger partial charge in [-0.15, -0.1) is 0 Å². The zero-order chi connectivity index (χ0) is 20.2. The predicted molar refractivity (Wildman–Crippen MR) is 109 cm³/mol. The Kier molecular flexibility index (Phi) is 5.57. The summed E-state index contributed by atoms with van der Waals surface area (Å²) < 4.78 is 11.2. The summed E-state index contributed by atoms with van der Waals surface area (Å²) >= 11 is 0. The number of benzene rings is 1. The van der Waals surface area contributed by atoms with Gasteiger partial charge in [0.05, 0.1) is 23.6 Å². The summed E-state index contributed by atoms with van der Waals surface area (Å²) in [4.78, 5) is 34.2. The Morgan fingerprint density at radius 2 is 2.17 bits per heavy atom. The van der Waals surface area contributed by atoms with Crippen molar-refractivity contribution in [1.29, 1.82) is 0 Å². The largest absolute Gasteiger partial charge is 0.462 e. The number of fused-ring (bicyclic) bond motifs is 1. The standard InChI is InChI=1S/C22H23N3O4/c1-15-8-9-16(29-15)10-11-21(26)25(13-17-5-4-12-28-17)14-20-23-19-7-3-2-6-18(19)22(27)24-20/h2-3,6-11,17H,4-5,12-14H2,1H3,(H,23,24,27)/b11-10+/t17-/m0/s1. The lowest BCUT2D eigenvalue weighted by Gasteiger charge is -2.24. The third-order valence-corrected chi connectivity index (χ3v) is 4.91. The molecule has 1 saturated heterocycles. The van der Waals surface area contributed by atoms with E-state index in [4.69, 9.17) is 9.15 Å². The van der Waals surface area contributed by atoms with E-state index in [0.29, 0.717) is 35.6 Å². The quantitative estimate of drug-likeness (QED) is 0.650. The van der Waals surface area contributed by atoms with Crippen LogP contribution in [0.1, 0.15) is 30.2 Å². The van der Waals surface area contributed by atoms with Crippen molar-refractivity contribution in [2.75, 3.05) is 13.2 Å². The molecule has 1 N–H and O–H groups in total. The first-order valence-corrected chi connectivity index (χ1v) is 9.71. The van der Waals surface area contributed by atoms with Crippen LogP contribution < -0.4 is 5.56 Å². The minimum atomic E-state index is -0.211. The smallest absolute Gasteiger partial charge is 0.258 e. The van der Waals surface area contributed by atoms with Crippen molar-refractivity contribution in [1.82, 2.24) is 14.9 Å². The third kappa shape index (κ3) is 4.63. The lowest BCUT2D eigenvalue weighted by molar-refractivity contribution is -0.128. The zero-order valence-electron chi connectivity index (χ0n) is 16.3. The van der Waals surface area contributed by atoms with E-state index in [-0.39, 0.29) is 24.1 Å². The summed E-state index contributed by atoms with van der Waals surface area (Å²) in [5, 5.41) is 0.529. The van der Waals surface area contributed by atoms with Crippen molar-refractivity contribution in [3.8, 4) is 0 Å². The Balaban J connectivity index is 1.57. The van der Waals surface area contributed by atoms with Gasteiger partial charge in [-0.05, 0) is 50.1 Å². The highest BCUT2D eigenvalue weighted by atomic mass is 16.5. The lowest BCUT2D eigenvalue weighted by Crippen LogP contribution is -2.36. The van der Waals surface area contributed by atoms with E-state index in [1.165, 1.54) is 6.08 Å². The van der Waals surface area contributed by atoms with Crippen LogP contribution in [0.3, 0.4) is 0 Å². The Bertz CT molecular complexity index is 1090. The molecule has 1 aromatic carbocycles. The molecule has 0 radical (unpaired) electrons. The summed E-state index contributed by atoms with van der Waals surface area (Å²) in [6.45, 7) is 3.20. The zero-order valence-corrected chi connectivity index (χ0v) is 16.3. The number of hydrogen-bond acceptors (Lipinski definition) is 5. The van der Waals surface area contributed by atoms with Crippen molar-refractivity contribution in [3.63, 3.8) is 0 Å². The first kappa shape index (κ1) is 19.1. The molecule has 0 aliphatic carbocycles. The molecule has 4 rings (SSSR count). The van der Waals surface area contributed by atoms with Crippen LogP contribution in [0.2, 0.25) is 0 Å². The van der Waals surface area contributed by atoms with Crippen LogP contribution in [0, 0.1) is 6.92 Å². The predicted octanol–water partition coefficient (Wildman–Crippen LogP) is 3.05. The summed E-state index contributed by atoms with van der Waals surface area (Å²) in [6, 6.07) is 10.8. The molecular weight excluding hydrogens is 370 g/mol. The first-order chi connectivity index (χ1) is 14.1. The molecule has 2 aromatic heterocycles. The number of carbonyl (C=O) groups excluding carboxylic acids is 1. The Labute approximate surface area is 168 Å². The van der Waals surface area contributed by atoms with E-state index in [1.807, 2.05) is 25.1 Å². The molecule has 3 heterocycles. The number of aromatic amines is 1. The summed E-state index contributed by atoms with van der Waals surface area (Å²) in [7, 11) is 0. The second-order valence-electron chi connectivity index (χ2n) is 7.17. The average molecular weight is 393 g/mol. The third-order valence-electron chi connectivity index (χ3n) is 4.91. The Morgan fingerprint density at radius 3 is 2.93 bits per heavy atom. The molecule has 1 aliphatic heterocycles. The minimum Gasteiger partial charge on any atom is -0.462 e. The number of carbonyl (C=O) groups is 1. The highest BCUT2D eigenvalue weighted by Crippen LogP contribution is 2.16. The SMILES string of the molecule is Cc1ccc(/C=C/C(=O)N(Cc2nc3ccccc3c(=O)[nH]2)C[C@@H]2CCCO2)o1. The van der Waals surface area contributed by atoms with Crippen LogP contribution in [0.25, 0.3) is 17.0 Å². The van der Waals surface area contributed by atoms with Gasteiger partial charge < -0.3 is 19.0 Å². The number of hydrogen-bond donors (Lipinski definition) is 1. The van der Waals surface area contributed by atoms with Gasteiger partial charge in [-0.2, -0.15) is 0 Å². The maximum absolute atomic E-state index is 12.9. The van der Waals surface area contributed by atoms with Crippen LogP contribution in [0.15, 0.2) is 51.7 Å². The number of aryl methyl sites for hydroxylation is 1. The number of nitrogens with zero attached hydrogens (tertiary/aromatic N) is 2. The molecular formula is C22H23N3O4. The highest BCUT2D eigenvalue weighted by molar-refractivity contribution is 5.91. The fourth-order valence-electron chi connectivity index (χ4n) is 3.46. The number of amides is 1. The normalized spacial score (nSPS) is 16.7. The molecule has 1 aliphatic rings. The molecule has 0 spiro atoms. The van der Waals surface area contributed by atoms with Gasteiger partial charge in [-0.1, -0.05) is 12.1 Å². The maximum Gasteiger partial charge on any atom is 0.258 e. The molecule has 1 amide bonds. The first-order valence-electron chi connectivity index (χ1n) is 9.71. The van der Waals surface area contributed by atoms with Gasteiger partial charge in [-0.25, -0.2) is 4.98 Å². The van der Waals surface area contributed by atoms with Crippen LogP contribution in [0.5, 0.6) is 0 Å². The van der Waals surface area contributed by atoms with E-state index in [2.05, 4.69) is 9.97 Å². The van der Waals surface area contributed by atoms with Gasteiger partial charge in [0.1, 0.15) is 17.3 Å². The average Bonchev–Trinajstić information content (AvgIpc) is 3.37. The second-order valence-corrected chi connectivity index (χ2v) is 7.17. The minimum absolute atomic E-state index is 0.00890. The Hall–Kier alpha value is -3.19. The molecule has 7 nitrogen and oxygen atoms in total. The summed E-state index contributed by atoms with van der Waals surface area (Å²) in [5.41, 5.74) is 0.397. The van der Waals surface area contributed by atoms with E-state index in [9.17, 15) is 9.59 Å². The van der Waals surface area contributed by atoms with Gasteiger partial charge >= 0.3 is 0 Å². The fourth-order valence-corrected chi connectivity index (χ4v) is 3.46. The van der Waals surface area contributed by atoms with E-state index in [1.54, 1.807) is 29.2 Å². The topological polar surface area (TPSA) is 88.4 Å². The highest BCUT2D eigenvalue weighted by Gasteiger charge is 2.22. The van der Waals surface area contributed by atoms with E-state index >= 15 is 0 Å². The maximum atomic E-state index is 12.9. The van der Waals surface area contributed by atoms with Crippen LogP contribution >= 0.6 is 0 Å². The van der Waals surface area contributed by atoms with Crippen LogP contribution in [0.4, 0.5) is 0 Å². The van der Waals surface area contributed by atoms with Crippen molar-refractivity contribution in [2.45, 2.75) is 32.4 Å². The molecule has 0 unspecified atom stereocenters. The number of para-hydroxylation sites is 1.